The molecule has 1 fully saturated rings. The third kappa shape index (κ3) is 4.07. The van der Waals surface area contributed by atoms with Crippen LogP contribution in [0.3, 0.4) is 0 Å². The maximum atomic E-state index is 12.3. The maximum Gasteiger partial charge on any atom is 0.226 e. The molecule has 3 rings (SSSR count). The summed E-state index contributed by atoms with van der Waals surface area (Å²) in [7, 11) is 1.62. The summed E-state index contributed by atoms with van der Waals surface area (Å²) in [6.45, 7) is 2.26. The molecule has 4 nitrogen and oxygen atoms in total. The molecule has 0 unspecified atom stereocenters. The third-order valence-electron chi connectivity index (χ3n) is 4.28. The molecule has 1 aliphatic heterocycles. The van der Waals surface area contributed by atoms with Gasteiger partial charge in [-0.3, -0.25) is 4.79 Å². The van der Waals surface area contributed by atoms with Crippen LogP contribution in [-0.2, 0) is 17.8 Å². The van der Waals surface area contributed by atoms with Gasteiger partial charge in [-0.05, 0) is 36.1 Å². The van der Waals surface area contributed by atoms with E-state index in [0.717, 1.165) is 37.1 Å². The Labute approximate surface area is 143 Å². The van der Waals surface area contributed by atoms with Crippen molar-refractivity contribution < 1.29 is 14.3 Å². The molecule has 2 aromatic carbocycles. The van der Waals surface area contributed by atoms with E-state index in [1.54, 1.807) is 7.11 Å². The minimum absolute atomic E-state index is 0.188. The largest absolute Gasteiger partial charge is 0.493 e. The predicted molar refractivity (Wildman–Crippen MR) is 93.3 cm³/mol. The van der Waals surface area contributed by atoms with Crippen LogP contribution in [0.15, 0.2) is 48.5 Å². The number of nitrogens with zero attached hydrogens (tertiary/aromatic N) is 1. The average Bonchev–Trinajstić information content (AvgIpc) is 3.16. The van der Waals surface area contributed by atoms with Gasteiger partial charge >= 0.3 is 0 Å². The summed E-state index contributed by atoms with van der Waals surface area (Å²) >= 11 is 0. The third-order valence-corrected chi connectivity index (χ3v) is 4.28. The lowest BCUT2D eigenvalue weighted by Gasteiger charge is -2.16. The van der Waals surface area contributed by atoms with Crippen LogP contribution in [0, 0.1) is 0 Å². The quantitative estimate of drug-likeness (QED) is 0.817. The highest BCUT2D eigenvalue weighted by molar-refractivity contribution is 5.79. The van der Waals surface area contributed by atoms with E-state index in [9.17, 15) is 4.79 Å². The van der Waals surface area contributed by atoms with Crippen LogP contribution in [0.2, 0.25) is 0 Å². The van der Waals surface area contributed by atoms with Gasteiger partial charge in [0.05, 0.1) is 13.5 Å². The van der Waals surface area contributed by atoms with Crippen LogP contribution in [0.5, 0.6) is 11.5 Å². The Morgan fingerprint density at radius 1 is 1.00 bits per heavy atom. The van der Waals surface area contributed by atoms with Crippen LogP contribution in [-0.4, -0.2) is 31.0 Å². The Morgan fingerprint density at radius 2 is 1.75 bits per heavy atom. The Morgan fingerprint density at radius 3 is 2.46 bits per heavy atom. The molecule has 0 radical (unpaired) electrons. The highest BCUT2D eigenvalue weighted by Crippen LogP contribution is 2.29. The van der Waals surface area contributed by atoms with Gasteiger partial charge in [-0.2, -0.15) is 0 Å². The first-order chi connectivity index (χ1) is 11.8. The average molecular weight is 325 g/mol. The molecule has 0 aromatic heterocycles. The summed E-state index contributed by atoms with van der Waals surface area (Å²) in [6.07, 6.45) is 2.64. The van der Waals surface area contributed by atoms with E-state index in [4.69, 9.17) is 9.47 Å². The molecular weight excluding hydrogens is 302 g/mol. The summed E-state index contributed by atoms with van der Waals surface area (Å²) in [6, 6.07) is 15.7. The lowest BCUT2D eigenvalue weighted by atomic mass is 10.1. The molecular formula is C20H23NO3. The number of rotatable bonds is 6. The lowest BCUT2D eigenvalue weighted by Crippen LogP contribution is -2.29. The second-order valence-electron chi connectivity index (χ2n) is 6.02. The number of carbonyl (C=O) groups excluding carboxylic acids is 1. The van der Waals surface area contributed by atoms with E-state index in [0.29, 0.717) is 24.5 Å². The van der Waals surface area contributed by atoms with E-state index in [1.165, 1.54) is 0 Å². The fourth-order valence-corrected chi connectivity index (χ4v) is 2.93. The van der Waals surface area contributed by atoms with Gasteiger partial charge < -0.3 is 14.4 Å². The number of ether oxygens (including phenoxy) is 2. The first-order valence-corrected chi connectivity index (χ1v) is 8.37. The second kappa shape index (κ2) is 7.86. The van der Waals surface area contributed by atoms with Crippen molar-refractivity contribution in [1.29, 1.82) is 0 Å². The van der Waals surface area contributed by atoms with Gasteiger partial charge in [0.2, 0.25) is 5.91 Å². The van der Waals surface area contributed by atoms with Gasteiger partial charge in [-0.25, -0.2) is 0 Å². The Bertz CT molecular complexity index is 679. The van der Waals surface area contributed by atoms with Crippen LogP contribution >= 0.6 is 0 Å². The number of methoxy groups -OCH3 is 1. The number of likely N-dealkylation sites (tertiary alicyclic amines) is 1. The van der Waals surface area contributed by atoms with Crippen LogP contribution in [0.4, 0.5) is 0 Å². The van der Waals surface area contributed by atoms with E-state index in [1.807, 2.05) is 53.4 Å². The fraction of sp³-hybridized carbons (Fsp3) is 0.350. The maximum absolute atomic E-state index is 12.3. The Kier molecular flexibility index (Phi) is 5.36. The predicted octanol–water partition coefficient (Wildman–Crippen LogP) is 3.44. The summed E-state index contributed by atoms with van der Waals surface area (Å²) in [5.74, 6) is 1.55. The van der Waals surface area contributed by atoms with E-state index < -0.39 is 0 Å². The number of amides is 1. The highest BCUT2D eigenvalue weighted by atomic mass is 16.5. The molecule has 0 bridgehead atoms. The summed E-state index contributed by atoms with van der Waals surface area (Å²) in [5, 5.41) is 0. The normalized spacial score (nSPS) is 13.8. The van der Waals surface area contributed by atoms with E-state index >= 15 is 0 Å². The molecule has 0 N–H and O–H groups in total. The Balaban J connectivity index is 1.65. The molecule has 1 saturated heterocycles. The lowest BCUT2D eigenvalue weighted by molar-refractivity contribution is -0.129. The van der Waals surface area contributed by atoms with Crippen molar-refractivity contribution in [1.82, 2.24) is 4.90 Å². The van der Waals surface area contributed by atoms with Crippen LogP contribution in [0.25, 0.3) is 0 Å². The fourth-order valence-electron chi connectivity index (χ4n) is 2.93. The molecule has 126 valence electrons. The SMILES string of the molecule is COc1cc(CC(=O)N2CCCC2)ccc1OCc1ccccc1. The standard InChI is InChI=1S/C20H23NO3/c1-23-19-13-17(14-20(22)21-11-5-6-12-21)9-10-18(19)24-15-16-7-3-2-4-8-16/h2-4,7-10,13H,5-6,11-12,14-15H2,1H3. The second-order valence-corrected chi connectivity index (χ2v) is 6.02. The molecule has 0 aliphatic carbocycles. The minimum atomic E-state index is 0.188. The van der Waals surface area contributed by atoms with E-state index in [-0.39, 0.29) is 5.91 Å². The van der Waals surface area contributed by atoms with Crippen LogP contribution in [0.1, 0.15) is 24.0 Å². The zero-order valence-electron chi connectivity index (χ0n) is 14.0. The molecule has 2 aromatic rings. The smallest absolute Gasteiger partial charge is 0.226 e. The molecule has 24 heavy (non-hydrogen) atoms. The van der Waals surface area contributed by atoms with E-state index in [2.05, 4.69) is 0 Å². The summed E-state index contributed by atoms with van der Waals surface area (Å²) < 4.78 is 11.3. The highest BCUT2D eigenvalue weighted by Gasteiger charge is 2.18. The Hall–Kier alpha value is -2.49. The first-order valence-electron chi connectivity index (χ1n) is 8.37. The number of hydrogen-bond acceptors (Lipinski definition) is 3. The zero-order chi connectivity index (χ0) is 16.8. The van der Waals surface area contributed by atoms with Gasteiger partial charge in [-0.1, -0.05) is 36.4 Å². The van der Waals surface area contributed by atoms with Gasteiger partial charge in [0.25, 0.3) is 0 Å². The van der Waals surface area contributed by atoms with Crippen molar-refractivity contribution in [2.75, 3.05) is 20.2 Å². The van der Waals surface area contributed by atoms with Crippen molar-refractivity contribution in [3.8, 4) is 11.5 Å². The zero-order valence-corrected chi connectivity index (χ0v) is 14.0. The van der Waals surface area contributed by atoms with Gasteiger partial charge in [-0.15, -0.1) is 0 Å². The van der Waals surface area contributed by atoms with Crippen molar-refractivity contribution in [3.05, 3.63) is 59.7 Å². The molecule has 1 amide bonds. The topological polar surface area (TPSA) is 38.8 Å². The van der Waals surface area contributed by atoms with Gasteiger partial charge in [0, 0.05) is 13.1 Å². The van der Waals surface area contributed by atoms with Crippen molar-refractivity contribution in [3.63, 3.8) is 0 Å². The monoisotopic (exact) mass is 325 g/mol. The summed E-state index contributed by atoms with van der Waals surface area (Å²) in [5.41, 5.74) is 2.06. The summed E-state index contributed by atoms with van der Waals surface area (Å²) in [4.78, 5) is 14.2. The van der Waals surface area contributed by atoms with Crippen LogP contribution < -0.4 is 9.47 Å². The van der Waals surface area contributed by atoms with Crippen molar-refractivity contribution >= 4 is 5.91 Å². The first kappa shape index (κ1) is 16.4. The minimum Gasteiger partial charge on any atom is -0.493 e. The van der Waals surface area contributed by atoms with Crippen molar-refractivity contribution in [2.24, 2.45) is 0 Å². The number of hydrogen-bond donors (Lipinski definition) is 0. The van der Waals surface area contributed by atoms with Crippen molar-refractivity contribution in [2.45, 2.75) is 25.9 Å². The molecule has 0 spiro atoms. The van der Waals surface area contributed by atoms with Gasteiger partial charge in [0.1, 0.15) is 6.61 Å². The molecule has 0 saturated carbocycles. The number of benzene rings is 2. The number of carbonyl (C=O) groups is 1. The molecule has 0 atom stereocenters. The molecule has 4 heteroatoms. The molecule has 1 aliphatic rings. The van der Waals surface area contributed by atoms with Gasteiger partial charge in [0.15, 0.2) is 11.5 Å². The molecule has 1 heterocycles.